The van der Waals surface area contributed by atoms with E-state index in [1.54, 1.807) is 43.7 Å². The van der Waals surface area contributed by atoms with Crippen molar-refractivity contribution in [3.8, 4) is 10.4 Å². The van der Waals surface area contributed by atoms with Gasteiger partial charge in [0.15, 0.2) is 5.82 Å². The number of ether oxygens (including phenoxy) is 1. The lowest BCUT2D eigenvalue weighted by atomic mass is 9.85. The molecule has 3 fully saturated rings. The highest BCUT2D eigenvalue weighted by molar-refractivity contribution is 7.13. The molecule has 3 saturated heterocycles. The van der Waals surface area contributed by atoms with Gasteiger partial charge in [0.25, 0.3) is 5.91 Å². The third-order valence-corrected chi connectivity index (χ3v) is 15.3. The predicted octanol–water partition coefficient (Wildman–Crippen LogP) is 5.75. The minimum absolute atomic E-state index is 0.0452. The normalized spacial score (nSPS) is 17.8. The number of halogens is 2. The Morgan fingerprint density at radius 3 is 2.30 bits per heavy atom. The monoisotopic (exact) mass is 1070 g/mol. The summed E-state index contributed by atoms with van der Waals surface area (Å²) in [5, 5.41) is 33.6. The Kier molecular flexibility index (Phi) is 16.9. The molecule has 6 aromatic rings. The van der Waals surface area contributed by atoms with Crippen molar-refractivity contribution in [2.75, 3.05) is 74.6 Å². The number of thiazole rings is 1. The van der Waals surface area contributed by atoms with E-state index in [4.69, 9.17) is 4.74 Å². The van der Waals surface area contributed by atoms with Gasteiger partial charge in [-0.2, -0.15) is 5.10 Å². The van der Waals surface area contributed by atoms with Crippen LogP contribution >= 0.6 is 11.3 Å². The van der Waals surface area contributed by atoms with E-state index < -0.39 is 53.0 Å². The van der Waals surface area contributed by atoms with Crippen LogP contribution in [-0.4, -0.2) is 143 Å². The molecule has 0 aliphatic carbocycles. The van der Waals surface area contributed by atoms with Crippen molar-refractivity contribution in [1.29, 1.82) is 0 Å². The number of aliphatic hydroxyl groups is 1. The van der Waals surface area contributed by atoms with Crippen LogP contribution < -0.4 is 31.5 Å². The number of aromatic nitrogens is 3. The minimum atomic E-state index is -1.06. The maximum atomic E-state index is 14.2. The van der Waals surface area contributed by atoms with Gasteiger partial charge in [-0.3, -0.25) is 34.0 Å². The molecule has 0 spiro atoms. The summed E-state index contributed by atoms with van der Waals surface area (Å²) in [6, 6.07) is 20.4. The quantitative estimate of drug-likeness (QED) is 0.0580. The second-order valence-electron chi connectivity index (χ2n) is 21.1. The molecule has 7 N–H and O–H groups in total. The van der Waals surface area contributed by atoms with Crippen LogP contribution in [0.15, 0.2) is 84.4 Å². The van der Waals surface area contributed by atoms with E-state index in [9.17, 15) is 37.9 Å². The summed E-state index contributed by atoms with van der Waals surface area (Å²) in [6.45, 7) is 10.6. The largest absolute Gasteiger partial charge is 0.391 e. The van der Waals surface area contributed by atoms with Gasteiger partial charge in [0.05, 0.1) is 46.4 Å². The lowest BCUT2D eigenvalue weighted by Crippen LogP contribution is -2.59. The highest BCUT2D eigenvalue weighted by Gasteiger charge is 2.44. The van der Waals surface area contributed by atoms with E-state index in [1.807, 2.05) is 66.4 Å². The second-order valence-corrected chi connectivity index (χ2v) is 22.0. The van der Waals surface area contributed by atoms with Crippen molar-refractivity contribution >= 4 is 69.0 Å². The fourth-order valence-corrected chi connectivity index (χ4v) is 10.9. The molecular formula is C56H65F2N11O7S. The van der Waals surface area contributed by atoms with Crippen molar-refractivity contribution in [3.05, 3.63) is 124 Å². The number of nitrogens with one attached hydrogen (secondary N) is 6. The molecule has 5 amide bonds. The van der Waals surface area contributed by atoms with Gasteiger partial charge in [0, 0.05) is 87.8 Å². The topological polar surface area (TPSA) is 226 Å². The van der Waals surface area contributed by atoms with Gasteiger partial charge in [-0.05, 0) is 96.3 Å². The Bertz CT molecular complexity index is 3090. The SMILES string of the molecule is Cc1ncsc1-c1ccc(CNC(=O)[C@@H]2C[C@@H](O)CN2C(=O)[C@@H](NC(=O)CNC(=O)CN2CCN(c3ccc(C(=O)Nc4n[nH]c5ccc(Cc6cc(F)cc(F)c6)cc45)c(NC4CCOCC4)c3)CC2)C(C)(C)C)cc1. The number of aliphatic hydroxyl groups excluding tert-OH is 1. The van der Waals surface area contributed by atoms with Crippen molar-refractivity contribution in [2.24, 2.45) is 5.41 Å². The van der Waals surface area contributed by atoms with Crippen LogP contribution in [0.1, 0.15) is 72.8 Å². The van der Waals surface area contributed by atoms with Crippen LogP contribution in [0.2, 0.25) is 0 Å². The van der Waals surface area contributed by atoms with Gasteiger partial charge < -0.3 is 46.2 Å². The number of piperazine rings is 1. The van der Waals surface area contributed by atoms with Crippen LogP contribution in [0.3, 0.4) is 0 Å². The zero-order chi connectivity index (χ0) is 54.4. The van der Waals surface area contributed by atoms with E-state index >= 15 is 0 Å². The Morgan fingerprint density at radius 1 is 0.870 bits per heavy atom. The first-order chi connectivity index (χ1) is 36.9. The molecule has 5 heterocycles. The van der Waals surface area contributed by atoms with Crippen molar-refractivity contribution in [3.63, 3.8) is 0 Å². The molecule has 2 aromatic heterocycles. The van der Waals surface area contributed by atoms with Crippen LogP contribution in [0, 0.1) is 24.0 Å². The van der Waals surface area contributed by atoms with Gasteiger partial charge in [-0.1, -0.05) is 51.1 Å². The average molecular weight is 1070 g/mol. The first-order valence-corrected chi connectivity index (χ1v) is 26.8. The Morgan fingerprint density at radius 2 is 1.60 bits per heavy atom. The average Bonchev–Trinajstić information content (AvgIpc) is 4.14. The number of β-amino-alcohol motifs (C(OH)–C–C–N with tert-alkyl or cyclic N) is 1. The number of rotatable bonds is 17. The van der Waals surface area contributed by atoms with Crippen LogP contribution in [-0.2, 0) is 36.9 Å². The summed E-state index contributed by atoms with van der Waals surface area (Å²) in [7, 11) is 0. The molecule has 3 atom stereocenters. The second kappa shape index (κ2) is 23.9. The van der Waals surface area contributed by atoms with E-state index in [0.717, 1.165) is 51.9 Å². The third-order valence-electron chi connectivity index (χ3n) is 14.3. The molecule has 9 rings (SSSR count). The Hall–Kier alpha value is -7.33. The summed E-state index contributed by atoms with van der Waals surface area (Å²) in [5.41, 5.74) is 7.76. The number of likely N-dealkylation sites (tertiary alicyclic amines) is 1. The predicted molar refractivity (Wildman–Crippen MR) is 290 cm³/mol. The summed E-state index contributed by atoms with van der Waals surface area (Å²) in [4.78, 5) is 79.4. The smallest absolute Gasteiger partial charge is 0.258 e. The maximum Gasteiger partial charge on any atom is 0.258 e. The standard InChI is InChI=1S/C56H65F2N11O7S/c1-33-50(77-32-61-33)37-8-5-34(6-9-37)28-60-54(74)47-27-42(70)30-69(47)55(75)51(56(2,3)4)63-48(71)29-59-49(72)31-67-15-17-68(18-16-67)41-10-11-43(46(26-41)62-40-13-19-76-20-14-40)53(73)64-52-44-24-35(7-12-45(44)65-66-52)21-36-22-38(57)25-39(58)23-36/h5-12,22-26,32,40,42,47,51,62,70H,13-21,27-31H2,1-4H3,(H,59,72)(H,60,74)(H,63,71)(H2,64,65,66,73)/t42-,47+,51-/m1/s1. The number of nitrogens with zero attached hydrogens (tertiary/aromatic N) is 5. The fourth-order valence-electron chi connectivity index (χ4n) is 10.1. The first-order valence-electron chi connectivity index (χ1n) is 25.9. The number of hydrogen-bond acceptors (Lipinski definition) is 13. The highest BCUT2D eigenvalue weighted by atomic mass is 32.1. The lowest BCUT2D eigenvalue weighted by Gasteiger charge is -2.36. The number of hydrogen-bond donors (Lipinski definition) is 7. The van der Waals surface area contributed by atoms with Crippen LogP contribution in [0.25, 0.3) is 21.3 Å². The number of carbonyl (C=O) groups excluding carboxylic acids is 5. The fraction of sp³-hybridized carbons (Fsp3) is 0.411. The maximum absolute atomic E-state index is 14.2. The number of aryl methyl sites for hydroxylation is 1. The molecule has 406 valence electrons. The molecule has 21 heteroatoms. The number of fused-ring (bicyclic) bond motifs is 1. The molecule has 4 aromatic carbocycles. The number of H-pyrrole nitrogens is 1. The van der Waals surface area contributed by atoms with E-state index in [0.29, 0.717) is 72.9 Å². The van der Waals surface area contributed by atoms with Gasteiger partial charge in [0.2, 0.25) is 23.6 Å². The number of aromatic amines is 1. The third kappa shape index (κ3) is 13.6. The molecule has 18 nitrogen and oxygen atoms in total. The van der Waals surface area contributed by atoms with Gasteiger partial charge in [-0.25, -0.2) is 13.8 Å². The summed E-state index contributed by atoms with van der Waals surface area (Å²) in [6.07, 6.45) is 0.941. The summed E-state index contributed by atoms with van der Waals surface area (Å²) < 4.78 is 33.5. The minimum Gasteiger partial charge on any atom is -0.391 e. The van der Waals surface area contributed by atoms with Gasteiger partial charge in [-0.15, -0.1) is 11.3 Å². The van der Waals surface area contributed by atoms with Crippen molar-refractivity contribution in [2.45, 2.75) is 84.2 Å². The lowest BCUT2D eigenvalue weighted by molar-refractivity contribution is -0.144. The molecule has 0 saturated carbocycles. The molecule has 0 radical (unpaired) electrons. The molecule has 0 bridgehead atoms. The van der Waals surface area contributed by atoms with Crippen LogP contribution in [0.4, 0.5) is 26.0 Å². The van der Waals surface area contributed by atoms with E-state index in [-0.39, 0.29) is 56.9 Å². The zero-order valence-electron chi connectivity index (χ0n) is 43.6. The number of carbonyl (C=O) groups is 5. The van der Waals surface area contributed by atoms with Crippen molar-refractivity contribution < 1.29 is 42.6 Å². The van der Waals surface area contributed by atoms with Crippen molar-refractivity contribution in [1.82, 2.24) is 40.9 Å². The highest BCUT2D eigenvalue weighted by Crippen LogP contribution is 2.32. The number of benzene rings is 4. The van der Waals surface area contributed by atoms with Gasteiger partial charge in [0.1, 0.15) is 23.7 Å². The number of amides is 5. The molecule has 0 unspecified atom stereocenters. The Labute approximate surface area is 449 Å². The first kappa shape index (κ1) is 54.5. The molecule has 3 aliphatic rings. The van der Waals surface area contributed by atoms with Crippen LogP contribution in [0.5, 0.6) is 0 Å². The summed E-state index contributed by atoms with van der Waals surface area (Å²) in [5.74, 6) is -3.21. The Balaban J connectivity index is 0.768. The zero-order valence-corrected chi connectivity index (χ0v) is 44.4. The van der Waals surface area contributed by atoms with E-state index in [2.05, 4.69) is 46.7 Å². The molecular weight excluding hydrogens is 1010 g/mol. The number of anilines is 3. The molecule has 77 heavy (non-hydrogen) atoms. The van der Waals surface area contributed by atoms with Gasteiger partial charge >= 0.3 is 0 Å². The molecule has 3 aliphatic heterocycles. The summed E-state index contributed by atoms with van der Waals surface area (Å²) >= 11 is 1.56. The van der Waals surface area contributed by atoms with E-state index in [1.165, 1.54) is 17.0 Å².